The number of rotatable bonds is 2. The van der Waals surface area contributed by atoms with Crippen molar-refractivity contribution in [3.05, 3.63) is 65.6 Å². The van der Waals surface area contributed by atoms with E-state index in [0.717, 1.165) is 22.1 Å². The molecule has 3 aromatic rings. The van der Waals surface area contributed by atoms with Crippen LogP contribution < -0.4 is 0 Å². The zero-order valence-electron chi connectivity index (χ0n) is 11.3. The molecular weight excluding hydrogens is 269 g/mol. The van der Waals surface area contributed by atoms with Crippen LogP contribution in [0.25, 0.3) is 22.0 Å². The van der Waals surface area contributed by atoms with Gasteiger partial charge in [0.2, 0.25) is 0 Å². The number of nitrogens with zero attached hydrogens (tertiary/aromatic N) is 1. The molecule has 0 spiro atoms. The van der Waals surface area contributed by atoms with E-state index in [9.17, 15) is 9.18 Å². The summed E-state index contributed by atoms with van der Waals surface area (Å²) in [6, 6.07) is 11.0. The molecule has 104 valence electrons. The molecular formula is C17H12FNO2. The molecule has 0 amide bonds. The lowest BCUT2D eigenvalue weighted by Crippen LogP contribution is -1.97. The summed E-state index contributed by atoms with van der Waals surface area (Å²) in [5.41, 5.74) is 3.55. The van der Waals surface area contributed by atoms with Gasteiger partial charge in [-0.1, -0.05) is 12.1 Å². The summed E-state index contributed by atoms with van der Waals surface area (Å²) in [7, 11) is 0. The van der Waals surface area contributed by atoms with Crippen molar-refractivity contribution in [1.82, 2.24) is 4.98 Å². The second-order valence-corrected chi connectivity index (χ2v) is 4.86. The van der Waals surface area contributed by atoms with E-state index in [1.807, 2.05) is 6.92 Å². The van der Waals surface area contributed by atoms with Crippen LogP contribution in [0.2, 0.25) is 0 Å². The average Bonchev–Trinajstić information content (AvgIpc) is 2.48. The number of aryl methyl sites for hydroxylation is 1. The predicted molar refractivity (Wildman–Crippen MR) is 78.8 cm³/mol. The number of fused-ring (bicyclic) bond motifs is 1. The van der Waals surface area contributed by atoms with Crippen molar-refractivity contribution in [1.29, 1.82) is 0 Å². The Balaban J connectivity index is 2.33. The topological polar surface area (TPSA) is 50.2 Å². The number of carbonyl (C=O) groups is 1. The second-order valence-electron chi connectivity index (χ2n) is 4.86. The molecule has 3 rings (SSSR count). The van der Waals surface area contributed by atoms with Crippen LogP contribution >= 0.6 is 0 Å². The molecule has 4 heteroatoms. The van der Waals surface area contributed by atoms with Gasteiger partial charge in [-0.15, -0.1) is 0 Å². The first-order chi connectivity index (χ1) is 10.1. The molecule has 0 saturated heterocycles. The van der Waals surface area contributed by atoms with Crippen molar-refractivity contribution >= 4 is 16.9 Å². The lowest BCUT2D eigenvalue weighted by atomic mass is 9.96. The fraction of sp³-hybridized carbons (Fsp3) is 0.0588. The average molecular weight is 281 g/mol. The van der Waals surface area contributed by atoms with Gasteiger partial charge in [0.25, 0.3) is 0 Å². The monoisotopic (exact) mass is 281 g/mol. The second kappa shape index (κ2) is 4.98. The summed E-state index contributed by atoms with van der Waals surface area (Å²) in [4.78, 5) is 15.5. The van der Waals surface area contributed by atoms with Crippen molar-refractivity contribution in [2.45, 2.75) is 6.92 Å². The number of benzene rings is 2. The zero-order valence-corrected chi connectivity index (χ0v) is 11.3. The largest absolute Gasteiger partial charge is 0.478 e. The Labute approximate surface area is 120 Å². The molecule has 1 aromatic heterocycles. The minimum atomic E-state index is -0.983. The molecule has 21 heavy (non-hydrogen) atoms. The highest BCUT2D eigenvalue weighted by atomic mass is 19.1. The quantitative estimate of drug-likeness (QED) is 0.771. The predicted octanol–water partition coefficient (Wildman–Crippen LogP) is 4.05. The molecule has 3 nitrogen and oxygen atoms in total. The zero-order chi connectivity index (χ0) is 15.0. The number of carboxylic acid groups (broad SMARTS) is 1. The summed E-state index contributed by atoms with van der Waals surface area (Å²) in [6.45, 7) is 1.90. The molecule has 0 fully saturated rings. The van der Waals surface area contributed by atoms with Crippen LogP contribution in [0.4, 0.5) is 4.39 Å². The third kappa shape index (κ3) is 2.36. The summed E-state index contributed by atoms with van der Waals surface area (Å²) >= 11 is 0. The molecule has 0 aliphatic rings. The molecule has 0 atom stereocenters. The standard InChI is InChI=1S/C17H12FNO2/c1-10-9-19-15-7-4-12(17(20)21)8-14(15)16(10)11-2-5-13(18)6-3-11/h2-9H,1H3,(H,20,21). The maximum Gasteiger partial charge on any atom is 0.335 e. The van der Waals surface area contributed by atoms with Crippen LogP contribution in [-0.4, -0.2) is 16.1 Å². The fourth-order valence-electron chi connectivity index (χ4n) is 2.42. The lowest BCUT2D eigenvalue weighted by Gasteiger charge is -2.11. The van der Waals surface area contributed by atoms with E-state index in [0.29, 0.717) is 5.52 Å². The molecule has 1 N–H and O–H groups in total. The third-order valence-corrected chi connectivity index (χ3v) is 3.44. The molecule has 0 radical (unpaired) electrons. The van der Waals surface area contributed by atoms with E-state index in [1.165, 1.54) is 18.2 Å². The fourth-order valence-corrected chi connectivity index (χ4v) is 2.42. The van der Waals surface area contributed by atoms with Gasteiger partial charge in [-0.3, -0.25) is 4.98 Å². The molecule has 0 aliphatic heterocycles. The minimum Gasteiger partial charge on any atom is -0.478 e. The first-order valence-corrected chi connectivity index (χ1v) is 6.45. The van der Waals surface area contributed by atoms with E-state index in [2.05, 4.69) is 4.98 Å². The van der Waals surface area contributed by atoms with Crippen LogP contribution in [0.1, 0.15) is 15.9 Å². The number of halogens is 1. The number of pyridine rings is 1. The van der Waals surface area contributed by atoms with Crippen LogP contribution in [-0.2, 0) is 0 Å². The van der Waals surface area contributed by atoms with Crippen molar-refractivity contribution in [3.63, 3.8) is 0 Å². The van der Waals surface area contributed by atoms with E-state index in [1.54, 1.807) is 30.5 Å². The Morgan fingerprint density at radius 2 is 1.86 bits per heavy atom. The van der Waals surface area contributed by atoms with E-state index in [4.69, 9.17) is 5.11 Å². The Hall–Kier alpha value is -2.75. The van der Waals surface area contributed by atoms with Gasteiger partial charge >= 0.3 is 5.97 Å². The van der Waals surface area contributed by atoms with Gasteiger partial charge in [-0.2, -0.15) is 0 Å². The molecule has 2 aromatic carbocycles. The van der Waals surface area contributed by atoms with Gasteiger partial charge in [0.05, 0.1) is 11.1 Å². The Morgan fingerprint density at radius 1 is 1.14 bits per heavy atom. The SMILES string of the molecule is Cc1cnc2ccc(C(=O)O)cc2c1-c1ccc(F)cc1. The molecule has 0 unspecified atom stereocenters. The third-order valence-electron chi connectivity index (χ3n) is 3.44. The summed E-state index contributed by atoms with van der Waals surface area (Å²) in [5.74, 6) is -1.29. The normalized spacial score (nSPS) is 10.8. The van der Waals surface area contributed by atoms with Crippen LogP contribution in [0.5, 0.6) is 0 Å². The van der Waals surface area contributed by atoms with Crippen LogP contribution in [0, 0.1) is 12.7 Å². The van der Waals surface area contributed by atoms with E-state index >= 15 is 0 Å². The van der Waals surface area contributed by atoms with Gasteiger partial charge in [0.15, 0.2) is 0 Å². The number of aromatic nitrogens is 1. The highest BCUT2D eigenvalue weighted by molar-refractivity contribution is 6.00. The maximum absolute atomic E-state index is 13.1. The lowest BCUT2D eigenvalue weighted by molar-refractivity contribution is 0.0697. The minimum absolute atomic E-state index is 0.207. The Kier molecular flexibility index (Phi) is 3.14. The van der Waals surface area contributed by atoms with Crippen molar-refractivity contribution in [2.75, 3.05) is 0 Å². The number of hydrogen-bond acceptors (Lipinski definition) is 2. The Morgan fingerprint density at radius 3 is 2.52 bits per heavy atom. The summed E-state index contributed by atoms with van der Waals surface area (Å²) in [6.07, 6.45) is 1.74. The smallest absolute Gasteiger partial charge is 0.335 e. The van der Waals surface area contributed by atoms with Gasteiger partial charge in [0, 0.05) is 11.6 Å². The van der Waals surface area contributed by atoms with Crippen LogP contribution in [0.15, 0.2) is 48.7 Å². The molecule has 0 saturated carbocycles. The van der Waals surface area contributed by atoms with Gasteiger partial charge < -0.3 is 5.11 Å². The highest BCUT2D eigenvalue weighted by Crippen LogP contribution is 2.31. The van der Waals surface area contributed by atoms with E-state index in [-0.39, 0.29) is 11.4 Å². The van der Waals surface area contributed by atoms with Gasteiger partial charge in [-0.25, -0.2) is 9.18 Å². The summed E-state index contributed by atoms with van der Waals surface area (Å²) < 4.78 is 13.1. The summed E-state index contributed by atoms with van der Waals surface area (Å²) in [5, 5.41) is 9.89. The maximum atomic E-state index is 13.1. The Bertz CT molecular complexity index is 841. The first-order valence-electron chi connectivity index (χ1n) is 6.45. The molecule has 0 bridgehead atoms. The van der Waals surface area contributed by atoms with Gasteiger partial charge in [-0.05, 0) is 53.9 Å². The van der Waals surface area contributed by atoms with Gasteiger partial charge in [0.1, 0.15) is 5.82 Å². The molecule has 1 heterocycles. The van der Waals surface area contributed by atoms with Crippen molar-refractivity contribution < 1.29 is 14.3 Å². The van der Waals surface area contributed by atoms with Crippen molar-refractivity contribution in [2.24, 2.45) is 0 Å². The number of hydrogen-bond donors (Lipinski definition) is 1. The number of carboxylic acids is 1. The van der Waals surface area contributed by atoms with Crippen LogP contribution in [0.3, 0.4) is 0 Å². The molecule has 0 aliphatic carbocycles. The van der Waals surface area contributed by atoms with E-state index < -0.39 is 5.97 Å². The highest BCUT2D eigenvalue weighted by Gasteiger charge is 2.11. The van der Waals surface area contributed by atoms with Crippen molar-refractivity contribution in [3.8, 4) is 11.1 Å². The first kappa shape index (κ1) is 13.2. The number of aromatic carboxylic acids is 1.